The van der Waals surface area contributed by atoms with Crippen molar-refractivity contribution < 1.29 is 14.0 Å². The van der Waals surface area contributed by atoms with E-state index < -0.39 is 0 Å². The Balaban J connectivity index is 1.55. The predicted molar refractivity (Wildman–Crippen MR) is 101 cm³/mol. The van der Waals surface area contributed by atoms with E-state index in [1.807, 2.05) is 31.2 Å². The summed E-state index contributed by atoms with van der Waals surface area (Å²) in [6.45, 7) is 4.11. The van der Waals surface area contributed by atoms with Crippen molar-refractivity contribution in [1.29, 1.82) is 0 Å². The molecule has 2 amide bonds. The van der Waals surface area contributed by atoms with E-state index in [1.54, 1.807) is 24.2 Å². The molecule has 2 aromatic heterocycles. The molecule has 1 aliphatic rings. The van der Waals surface area contributed by atoms with Crippen molar-refractivity contribution in [3.05, 3.63) is 52.7 Å². The Hall–Kier alpha value is -2.93. The number of nitrogens with zero attached hydrogens (tertiary/aromatic N) is 2. The lowest BCUT2D eigenvalue weighted by Gasteiger charge is -2.15. The first-order valence-corrected chi connectivity index (χ1v) is 9.08. The molecule has 1 N–H and O–H groups in total. The summed E-state index contributed by atoms with van der Waals surface area (Å²) in [5.41, 5.74) is 3.07. The van der Waals surface area contributed by atoms with E-state index in [0.717, 1.165) is 22.5 Å². The summed E-state index contributed by atoms with van der Waals surface area (Å²) in [6, 6.07) is 9.22. The van der Waals surface area contributed by atoms with Crippen LogP contribution < -0.4 is 10.2 Å². The summed E-state index contributed by atoms with van der Waals surface area (Å²) in [5, 5.41) is 3.59. The number of rotatable bonds is 3. The molecule has 0 spiro atoms. The number of hydrogen-bond acceptors (Lipinski definition) is 5. The normalized spacial score (nSPS) is 12.9. The van der Waals surface area contributed by atoms with Gasteiger partial charge in [-0.1, -0.05) is 0 Å². The highest BCUT2D eigenvalue weighted by atomic mass is 32.1. The summed E-state index contributed by atoms with van der Waals surface area (Å²) >= 11 is 1.42. The smallest absolute Gasteiger partial charge is 0.275 e. The summed E-state index contributed by atoms with van der Waals surface area (Å²) in [4.78, 5) is 31.3. The molecule has 0 fully saturated rings. The maximum Gasteiger partial charge on any atom is 0.275 e. The van der Waals surface area contributed by atoms with E-state index in [-0.39, 0.29) is 11.8 Å². The van der Waals surface area contributed by atoms with Gasteiger partial charge in [-0.25, -0.2) is 4.98 Å². The van der Waals surface area contributed by atoms with E-state index >= 15 is 0 Å². The Morgan fingerprint density at radius 2 is 2.15 bits per heavy atom. The average Bonchev–Trinajstić information content (AvgIpc) is 3.33. The highest BCUT2D eigenvalue weighted by Crippen LogP contribution is 2.31. The van der Waals surface area contributed by atoms with Gasteiger partial charge in [-0.15, -0.1) is 11.3 Å². The molecule has 1 aliphatic heterocycles. The minimum absolute atomic E-state index is 0.0316. The SMILES string of the molecule is CC(=O)N1CCc2cc(NC(=O)c3nc(-c4ccco4)sc3C)ccc21. The number of nitrogens with one attached hydrogen (secondary N) is 1. The highest BCUT2D eigenvalue weighted by Gasteiger charge is 2.23. The van der Waals surface area contributed by atoms with Gasteiger partial charge in [-0.05, 0) is 49.2 Å². The zero-order valence-electron chi connectivity index (χ0n) is 14.4. The number of anilines is 2. The van der Waals surface area contributed by atoms with Crippen LogP contribution in [0.15, 0.2) is 41.0 Å². The number of benzene rings is 1. The second-order valence-corrected chi connectivity index (χ2v) is 7.32. The van der Waals surface area contributed by atoms with Crippen LogP contribution in [-0.4, -0.2) is 23.3 Å². The summed E-state index contributed by atoms with van der Waals surface area (Å²) < 4.78 is 5.35. The molecule has 26 heavy (non-hydrogen) atoms. The zero-order valence-corrected chi connectivity index (χ0v) is 15.2. The third kappa shape index (κ3) is 2.90. The van der Waals surface area contributed by atoms with Crippen LogP contribution in [0.25, 0.3) is 10.8 Å². The zero-order chi connectivity index (χ0) is 18.3. The molecule has 0 unspecified atom stereocenters. The number of amides is 2. The lowest BCUT2D eigenvalue weighted by atomic mass is 10.1. The number of carbonyl (C=O) groups excluding carboxylic acids is 2. The van der Waals surface area contributed by atoms with Crippen molar-refractivity contribution in [2.24, 2.45) is 0 Å². The Morgan fingerprint density at radius 3 is 2.88 bits per heavy atom. The van der Waals surface area contributed by atoms with Crippen molar-refractivity contribution in [1.82, 2.24) is 4.98 Å². The number of aromatic nitrogens is 1. The quantitative estimate of drug-likeness (QED) is 0.762. The maximum absolute atomic E-state index is 12.6. The van der Waals surface area contributed by atoms with E-state index in [9.17, 15) is 9.59 Å². The van der Waals surface area contributed by atoms with Gasteiger partial charge < -0.3 is 14.6 Å². The first kappa shape index (κ1) is 16.5. The second kappa shape index (κ2) is 6.42. The number of thiazole rings is 1. The van der Waals surface area contributed by atoms with Gasteiger partial charge in [0.25, 0.3) is 5.91 Å². The number of carbonyl (C=O) groups is 2. The molecule has 3 aromatic rings. The summed E-state index contributed by atoms with van der Waals surface area (Å²) in [7, 11) is 0. The third-order valence-corrected chi connectivity index (χ3v) is 5.34. The summed E-state index contributed by atoms with van der Waals surface area (Å²) in [5.74, 6) is 0.432. The monoisotopic (exact) mass is 367 g/mol. The topological polar surface area (TPSA) is 75.4 Å². The maximum atomic E-state index is 12.6. The molecule has 4 rings (SSSR count). The number of fused-ring (bicyclic) bond motifs is 1. The molecule has 3 heterocycles. The van der Waals surface area contributed by atoms with Gasteiger partial charge in [-0.2, -0.15) is 0 Å². The molecule has 0 aliphatic carbocycles. The molecule has 0 bridgehead atoms. The third-order valence-electron chi connectivity index (χ3n) is 4.36. The van der Waals surface area contributed by atoms with Gasteiger partial charge in [0.05, 0.1) is 6.26 Å². The van der Waals surface area contributed by atoms with E-state index in [0.29, 0.717) is 28.7 Å². The largest absolute Gasteiger partial charge is 0.462 e. The van der Waals surface area contributed by atoms with Crippen molar-refractivity contribution in [2.75, 3.05) is 16.8 Å². The lowest BCUT2D eigenvalue weighted by molar-refractivity contribution is -0.116. The number of furan rings is 1. The molecule has 6 nitrogen and oxygen atoms in total. The van der Waals surface area contributed by atoms with Gasteiger partial charge in [0.2, 0.25) is 5.91 Å². The fraction of sp³-hybridized carbons (Fsp3) is 0.211. The highest BCUT2D eigenvalue weighted by molar-refractivity contribution is 7.15. The van der Waals surface area contributed by atoms with Crippen LogP contribution in [0, 0.1) is 6.92 Å². The van der Waals surface area contributed by atoms with Crippen molar-refractivity contribution in [3.63, 3.8) is 0 Å². The predicted octanol–water partition coefficient (Wildman–Crippen LogP) is 3.87. The van der Waals surface area contributed by atoms with Crippen LogP contribution in [0.5, 0.6) is 0 Å². The first-order valence-electron chi connectivity index (χ1n) is 8.26. The standard InChI is InChI=1S/C19H17N3O3S/c1-11-17(21-19(26-11)16-4-3-9-25-16)18(24)20-14-5-6-15-13(10-14)7-8-22(15)12(2)23/h3-6,9-10H,7-8H2,1-2H3,(H,20,24). The van der Waals surface area contributed by atoms with Crippen LogP contribution in [0.3, 0.4) is 0 Å². The Morgan fingerprint density at radius 1 is 1.31 bits per heavy atom. The number of hydrogen-bond donors (Lipinski definition) is 1. The number of aryl methyl sites for hydroxylation is 1. The fourth-order valence-electron chi connectivity index (χ4n) is 3.11. The van der Waals surface area contributed by atoms with E-state index in [4.69, 9.17) is 4.42 Å². The molecule has 0 saturated carbocycles. The molecule has 0 atom stereocenters. The second-order valence-electron chi connectivity index (χ2n) is 6.12. The van der Waals surface area contributed by atoms with Gasteiger partial charge >= 0.3 is 0 Å². The Kier molecular flexibility index (Phi) is 4.08. The molecule has 7 heteroatoms. The average molecular weight is 367 g/mol. The van der Waals surface area contributed by atoms with Crippen molar-refractivity contribution >= 4 is 34.5 Å². The molecular weight excluding hydrogens is 350 g/mol. The fourth-order valence-corrected chi connectivity index (χ4v) is 3.99. The molecule has 1 aromatic carbocycles. The van der Waals surface area contributed by atoms with Gasteiger partial charge in [-0.3, -0.25) is 9.59 Å². The molecular formula is C19H17N3O3S. The first-order chi connectivity index (χ1) is 12.5. The van der Waals surface area contributed by atoms with Gasteiger partial charge in [0.1, 0.15) is 5.69 Å². The Labute approximate surface area is 154 Å². The lowest BCUT2D eigenvalue weighted by Crippen LogP contribution is -2.25. The van der Waals surface area contributed by atoms with Gasteiger partial charge in [0, 0.05) is 29.7 Å². The Bertz CT molecular complexity index is 992. The molecule has 0 radical (unpaired) electrons. The van der Waals surface area contributed by atoms with Crippen molar-refractivity contribution in [2.45, 2.75) is 20.3 Å². The van der Waals surface area contributed by atoms with Gasteiger partial charge in [0.15, 0.2) is 10.8 Å². The van der Waals surface area contributed by atoms with Crippen LogP contribution in [0.4, 0.5) is 11.4 Å². The minimum Gasteiger partial charge on any atom is -0.462 e. The summed E-state index contributed by atoms with van der Waals surface area (Å²) in [6.07, 6.45) is 2.37. The van der Waals surface area contributed by atoms with Crippen LogP contribution in [0.1, 0.15) is 27.9 Å². The molecule has 0 saturated heterocycles. The van der Waals surface area contributed by atoms with E-state index in [1.165, 1.54) is 11.3 Å². The minimum atomic E-state index is -0.252. The van der Waals surface area contributed by atoms with Crippen molar-refractivity contribution in [3.8, 4) is 10.8 Å². The van der Waals surface area contributed by atoms with Crippen LogP contribution in [-0.2, 0) is 11.2 Å². The molecule has 132 valence electrons. The van der Waals surface area contributed by atoms with Crippen LogP contribution >= 0.6 is 11.3 Å². The van der Waals surface area contributed by atoms with E-state index in [2.05, 4.69) is 10.3 Å². The van der Waals surface area contributed by atoms with Crippen LogP contribution in [0.2, 0.25) is 0 Å².